The number of aromatic amines is 1. The summed E-state index contributed by atoms with van der Waals surface area (Å²) in [5, 5.41) is 5.85. The number of carbonyl (C=O) groups excluding carboxylic acids is 1. The van der Waals surface area contributed by atoms with Crippen LogP contribution in [0.2, 0.25) is 0 Å². The van der Waals surface area contributed by atoms with E-state index in [1.807, 2.05) is 6.92 Å². The molecule has 2 aliphatic rings. The third-order valence-corrected chi connectivity index (χ3v) is 5.84. The van der Waals surface area contributed by atoms with Gasteiger partial charge in [-0.25, -0.2) is 0 Å². The third-order valence-electron chi connectivity index (χ3n) is 5.84. The Kier molecular flexibility index (Phi) is 6.48. The number of hydrogen-bond acceptors (Lipinski definition) is 8. The van der Waals surface area contributed by atoms with Gasteiger partial charge in [-0.05, 0) is 18.6 Å². The van der Waals surface area contributed by atoms with Crippen molar-refractivity contribution in [3.05, 3.63) is 29.5 Å². The van der Waals surface area contributed by atoms with Crippen LogP contribution in [0.3, 0.4) is 0 Å². The summed E-state index contributed by atoms with van der Waals surface area (Å²) < 4.78 is 57.6. The lowest BCUT2D eigenvalue weighted by Crippen LogP contribution is -2.41. The van der Waals surface area contributed by atoms with Crippen LogP contribution in [0, 0.1) is 0 Å². The predicted molar refractivity (Wildman–Crippen MR) is 125 cm³/mol. The Morgan fingerprint density at radius 3 is 2.58 bits per heavy atom. The van der Waals surface area contributed by atoms with E-state index in [1.54, 1.807) is 17.0 Å². The molecule has 0 spiro atoms. The fourth-order valence-corrected chi connectivity index (χ4v) is 4.14. The zero-order chi connectivity index (χ0) is 25.3. The van der Waals surface area contributed by atoms with Gasteiger partial charge < -0.3 is 34.7 Å². The topological polar surface area (TPSA) is 114 Å². The Balaban J connectivity index is 1.51. The number of nitrogens with zero attached hydrogens (tertiary/aromatic N) is 3. The molecule has 36 heavy (non-hydrogen) atoms. The van der Waals surface area contributed by atoms with Crippen molar-refractivity contribution in [2.75, 3.05) is 56.7 Å². The summed E-state index contributed by atoms with van der Waals surface area (Å²) >= 11 is 0. The van der Waals surface area contributed by atoms with Gasteiger partial charge in [-0.2, -0.15) is 23.1 Å². The van der Waals surface area contributed by atoms with Crippen LogP contribution in [0.4, 0.5) is 30.6 Å². The number of morpholine rings is 1. The highest BCUT2D eigenvalue weighted by Gasteiger charge is 2.36. The zero-order valence-electron chi connectivity index (χ0n) is 19.5. The van der Waals surface area contributed by atoms with Crippen LogP contribution >= 0.6 is 0 Å². The average Bonchev–Trinajstić information content (AvgIpc) is 3.33. The number of aromatic nitrogens is 3. The van der Waals surface area contributed by atoms with Gasteiger partial charge in [0.2, 0.25) is 5.95 Å². The van der Waals surface area contributed by atoms with Gasteiger partial charge in [-0.15, -0.1) is 0 Å². The van der Waals surface area contributed by atoms with E-state index < -0.39 is 11.7 Å². The summed E-state index contributed by atoms with van der Waals surface area (Å²) in [6.45, 7) is 4.76. The second-order valence-electron chi connectivity index (χ2n) is 8.29. The second kappa shape index (κ2) is 9.72. The fraction of sp³-hybridized carbons (Fsp3) is 0.435. The fourth-order valence-electron chi connectivity index (χ4n) is 4.14. The van der Waals surface area contributed by atoms with Gasteiger partial charge in [0, 0.05) is 25.8 Å². The van der Waals surface area contributed by atoms with Gasteiger partial charge in [0.1, 0.15) is 24.7 Å². The largest absolute Gasteiger partial charge is 0.485 e. The van der Waals surface area contributed by atoms with Crippen LogP contribution in [-0.2, 0) is 10.9 Å². The lowest BCUT2D eigenvalue weighted by Gasteiger charge is -2.29. The van der Waals surface area contributed by atoms with Gasteiger partial charge >= 0.3 is 6.18 Å². The molecule has 0 saturated carbocycles. The van der Waals surface area contributed by atoms with Crippen molar-refractivity contribution < 1.29 is 32.2 Å². The van der Waals surface area contributed by atoms with Crippen LogP contribution in [-0.4, -0.2) is 71.8 Å². The standard InChI is InChI=1S/C23H25F3N6O4/c1-2-5-27-19-16-14(23(24,25)26)12-28-20(16)31-22(30-19)29-15-4-3-13(17-18(15)36-11-10-35-17)21(33)32-6-8-34-9-7-32/h3-4,12H,2,5-11H2,1H3,(H3,27,28,29,30,31). The van der Waals surface area contributed by atoms with Crippen molar-refractivity contribution in [3.63, 3.8) is 0 Å². The van der Waals surface area contributed by atoms with Gasteiger partial charge in [-0.3, -0.25) is 4.79 Å². The number of fused-ring (bicyclic) bond motifs is 2. The van der Waals surface area contributed by atoms with Crippen molar-refractivity contribution in [1.29, 1.82) is 0 Å². The summed E-state index contributed by atoms with van der Waals surface area (Å²) in [4.78, 5) is 26.0. The number of ether oxygens (including phenoxy) is 3. The van der Waals surface area contributed by atoms with E-state index in [9.17, 15) is 18.0 Å². The first kappa shape index (κ1) is 24.0. The first-order valence-electron chi connectivity index (χ1n) is 11.6. The molecule has 4 heterocycles. The Hall–Kier alpha value is -3.74. The highest BCUT2D eigenvalue weighted by atomic mass is 19.4. The lowest BCUT2D eigenvalue weighted by atomic mass is 10.1. The summed E-state index contributed by atoms with van der Waals surface area (Å²) in [7, 11) is 0. The number of rotatable bonds is 6. The van der Waals surface area contributed by atoms with E-state index in [2.05, 4.69) is 25.6 Å². The molecular formula is C23H25F3N6O4. The van der Waals surface area contributed by atoms with Crippen LogP contribution < -0.4 is 20.1 Å². The van der Waals surface area contributed by atoms with Gasteiger partial charge in [-0.1, -0.05) is 6.92 Å². The lowest BCUT2D eigenvalue weighted by molar-refractivity contribution is -0.136. The number of anilines is 3. The predicted octanol–water partition coefficient (Wildman–Crippen LogP) is 3.79. The highest BCUT2D eigenvalue weighted by Crippen LogP contribution is 2.43. The van der Waals surface area contributed by atoms with Crippen molar-refractivity contribution in [2.24, 2.45) is 0 Å². The molecule has 5 rings (SSSR count). The Labute approximate surface area is 204 Å². The molecule has 1 amide bonds. The minimum atomic E-state index is -4.56. The molecule has 3 N–H and O–H groups in total. The van der Waals surface area contributed by atoms with E-state index in [4.69, 9.17) is 14.2 Å². The summed E-state index contributed by atoms with van der Waals surface area (Å²) in [5.41, 5.74) is -0.0315. The molecule has 0 unspecified atom stereocenters. The monoisotopic (exact) mass is 506 g/mol. The van der Waals surface area contributed by atoms with E-state index in [-0.39, 0.29) is 41.9 Å². The Morgan fingerprint density at radius 2 is 1.86 bits per heavy atom. The van der Waals surface area contributed by atoms with E-state index >= 15 is 0 Å². The number of H-pyrrole nitrogens is 1. The minimum Gasteiger partial charge on any atom is -0.485 e. The summed E-state index contributed by atoms with van der Waals surface area (Å²) in [5.74, 6) is 0.534. The molecule has 13 heteroatoms. The molecule has 192 valence electrons. The first-order valence-corrected chi connectivity index (χ1v) is 11.6. The molecule has 10 nitrogen and oxygen atoms in total. The normalized spacial score (nSPS) is 15.7. The maximum Gasteiger partial charge on any atom is 0.418 e. The number of hydrogen-bond donors (Lipinski definition) is 3. The molecule has 1 aromatic carbocycles. The van der Waals surface area contributed by atoms with E-state index in [0.29, 0.717) is 62.0 Å². The molecule has 3 aromatic rings. The van der Waals surface area contributed by atoms with Gasteiger partial charge in [0.25, 0.3) is 5.91 Å². The van der Waals surface area contributed by atoms with Crippen LogP contribution in [0.25, 0.3) is 11.0 Å². The molecule has 0 bridgehead atoms. The summed E-state index contributed by atoms with van der Waals surface area (Å²) in [6.07, 6.45) is -2.99. The van der Waals surface area contributed by atoms with Crippen molar-refractivity contribution >= 4 is 34.4 Å². The van der Waals surface area contributed by atoms with Crippen LogP contribution in [0.5, 0.6) is 11.5 Å². The molecule has 1 saturated heterocycles. The number of nitrogens with one attached hydrogen (secondary N) is 3. The molecule has 2 aliphatic heterocycles. The van der Waals surface area contributed by atoms with Crippen molar-refractivity contribution in [1.82, 2.24) is 19.9 Å². The Bertz CT molecular complexity index is 1270. The number of halogens is 3. The maximum absolute atomic E-state index is 13.5. The molecule has 0 atom stereocenters. The van der Waals surface area contributed by atoms with Gasteiger partial charge in [0.05, 0.1) is 35.4 Å². The highest BCUT2D eigenvalue weighted by molar-refractivity contribution is 5.99. The average molecular weight is 506 g/mol. The molecule has 0 aliphatic carbocycles. The minimum absolute atomic E-state index is 0.0311. The van der Waals surface area contributed by atoms with Crippen molar-refractivity contribution in [2.45, 2.75) is 19.5 Å². The second-order valence-corrected chi connectivity index (χ2v) is 8.29. The van der Waals surface area contributed by atoms with Crippen LogP contribution in [0.15, 0.2) is 18.3 Å². The molecular weight excluding hydrogens is 481 g/mol. The SMILES string of the molecule is CCCNc1nc(Nc2ccc(C(=O)N3CCOCC3)c3c2OCCO3)nc2[nH]cc(C(F)(F)F)c12. The number of benzene rings is 1. The van der Waals surface area contributed by atoms with Crippen molar-refractivity contribution in [3.8, 4) is 11.5 Å². The van der Waals surface area contributed by atoms with Crippen LogP contribution in [0.1, 0.15) is 29.3 Å². The quantitative estimate of drug-likeness (QED) is 0.463. The van der Waals surface area contributed by atoms with E-state index in [1.165, 1.54) is 0 Å². The number of alkyl halides is 3. The number of carbonyl (C=O) groups is 1. The van der Waals surface area contributed by atoms with Gasteiger partial charge in [0.15, 0.2) is 11.5 Å². The Morgan fingerprint density at radius 1 is 1.11 bits per heavy atom. The first-order chi connectivity index (χ1) is 17.4. The van der Waals surface area contributed by atoms with E-state index in [0.717, 1.165) is 6.20 Å². The molecule has 2 aromatic heterocycles. The molecule has 0 radical (unpaired) electrons. The maximum atomic E-state index is 13.5. The molecule has 1 fully saturated rings. The smallest absolute Gasteiger partial charge is 0.418 e. The third kappa shape index (κ3) is 4.57. The number of amides is 1. The summed E-state index contributed by atoms with van der Waals surface area (Å²) in [6, 6.07) is 3.27. The zero-order valence-corrected chi connectivity index (χ0v) is 19.5.